The Bertz CT molecular complexity index is 718. The molecule has 0 spiro atoms. The van der Waals surface area contributed by atoms with Gasteiger partial charge in [-0.3, -0.25) is 4.79 Å². The van der Waals surface area contributed by atoms with Crippen LogP contribution in [0.25, 0.3) is 0 Å². The lowest BCUT2D eigenvalue weighted by molar-refractivity contribution is -0.131. The topological polar surface area (TPSA) is 51.0 Å². The summed E-state index contributed by atoms with van der Waals surface area (Å²) >= 11 is 3.33. The van der Waals surface area contributed by atoms with E-state index in [2.05, 4.69) is 32.3 Å². The quantitative estimate of drug-likeness (QED) is 0.721. The monoisotopic (exact) mass is 376 g/mol. The van der Waals surface area contributed by atoms with E-state index in [4.69, 9.17) is 0 Å². The summed E-state index contributed by atoms with van der Waals surface area (Å²) < 4.78 is 2.28. The van der Waals surface area contributed by atoms with Gasteiger partial charge in [0.1, 0.15) is 5.82 Å². The van der Waals surface area contributed by atoms with Gasteiger partial charge in [0, 0.05) is 30.4 Å². The van der Waals surface area contributed by atoms with E-state index in [0.717, 1.165) is 43.3 Å². The number of amides is 1. The minimum absolute atomic E-state index is 0.102. The molecule has 0 bridgehead atoms. The molecule has 1 saturated carbocycles. The van der Waals surface area contributed by atoms with Crippen LogP contribution in [0.5, 0.6) is 0 Å². The normalized spacial score (nSPS) is 19.2. The van der Waals surface area contributed by atoms with Gasteiger partial charge in [-0.05, 0) is 50.5 Å². The van der Waals surface area contributed by atoms with E-state index in [0.29, 0.717) is 6.04 Å². The van der Waals surface area contributed by atoms with E-state index in [9.17, 15) is 4.79 Å². The number of rotatable bonds is 6. The van der Waals surface area contributed by atoms with Gasteiger partial charge in [-0.15, -0.1) is 21.5 Å². The number of likely N-dealkylation sites (tertiary alicyclic amines) is 1. The molecule has 134 valence electrons. The van der Waals surface area contributed by atoms with Crippen LogP contribution in [-0.2, 0) is 11.2 Å². The molecule has 0 aromatic carbocycles. The highest BCUT2D eigenvalue weighted by Crippen LogP contribution is 2.40. The van der Waals surface area contributed by atoms with Gasteiger partial charge in [0.2, 0.25) is 5.91 Å². The first kappa shape index (κ1) is 17.1. The number of hydrogen-bond acceptors (Lipinski definition) is 5. The largest absolute Gasteiger partial charge is 0.342 e. The minimum atomic E-state index is -0.102. The number of thiophene rings is 1. The molecule has 7 heteroatoms. The van der Waals surface area contributed by atoms with Crippen molar-refractivity contribution in [3.05, 3.63) is 28.2 Å². The fourth-order valence-corrected chi connectivity index (χ4v) is 5.08. The molecule has 2 aliphatic rings. The maximum absolute atomic E-state index is 12.7. The van der Waals surface area contributed by atoms with Gasteiger partial charge < -0.3 is 9.47 Å². The second kappa shape index (κ2) is 7.50. The third-order valence-electron chi connectivity index (χ3n) is 4.86. The Labute approximate surface area is 156 Å². The summed E-state index contributed by atoms with van der Waals surface area (Å²) in [5.74, 6) is 1.28. The van der Waals surface area contributed by atoms with E-state index < -0.39 is 0 Å². The molecule has 1 amide bonds. The lowest BCUT2D eigenvalue weighted by atomic mass is 10.1. The van der Waals surface area contributed by atoms with Crippen LogP contribution >= 0.6 is 23.1 Å². The number of piperidine rings is 1. The van der Waals surface area contributed by atoms with Crippen LogP contribution in [0.3, 0.4) is 0 Å². The molecule has 1 atom stereocenters. The van der Waals surface area contributed by atoms with Gasteiger partial charge >= 0.3 is 0 Å². The molecule has 25 heavy (non-hydrogen) atoms. The Morgan fingerprint density at radius 2 is 2.12 bits per heavy atom. The van der Waals surface area contributed by atoms with Gasteiger partial charge in [-0.25, -0.2) is 0 Å². The average molecular weight is 377 g/mol. The molecule has 0 N–H and O–H groups in total. The second-order valence-electron chi connectivity index (χ2n) is 6.90. The van der Waals surface area contributed by atoms with Gasteiger partial charge in [0.05, 0.1) is 5.25 Å². The first-order chi connectivity index (χ1) is 12.2. The predicted octanol–water partition coefficient (Wildman–Crippen LogP) is 3.76. The number of carbonyl (C=O) groups is 1. The summed E-state index contributed by atoms with van der Waals surface area (Å²) in [5, 5.41) is 11.8. The zero-order valence-corrected chi connectivity index (χ0v) is 16.2. The standard InChI is InChI=1S/C18H24N4OS2/c1-13(17(23)21-9-3-2-4-10-21)25-18-20-19-16(22(18)14-7-8-14)12-15-6-5-11-24-15/h5-6,11,13-14H,2-4,7-10,12H2,1H3/t13-/m0/s1. The molecule has 0 unspecified atom stereocenters. The van der Waals surface area contributed by atoms with Crippen molar-refractivity contribution in [3.63, 3.8) is 0 Å². The van der Waals surface area contributed by atoms with Crippen molar-refractivity contribution in [1.29, 1.82) is 0 Å². The van der Waals surface area contributed by atoms with Crippen LogP contribution in [0.15, 0.2) is 22.7 Å². The van der Waals surface area contributed by atoms with Crippen LogP contribution < -0.4 is 0 Å². The van der Waals surface area contributed by atoms with Gasteiger partial charge in [-0.1, -0.05) is 17.8 Å². The molecule has 2 aromatic rings. The van der Waals surface area contributed by atoms with Gasteiger partial charge in [0.15, 0.2) is 5.16 Å². The lowest BCUT2D eigenvalue weighted by Gasteiger charge is -2.28. The molecule has 1 aliphatic carbocycles. The van der Waals surface area contributed by atoms with Crippen molar-refractivity contribution in [3.8, 4) is 0 Å². The Kier molecular flexibility index (Phi) is 5.12. The fraction of sp³-hybridized carbons (Fsp3) is 0.611. The number of hydrogen-bond donors (Lipinski definition) is 0. The van der Waals surface area contributed by atoms with Crippen molar-refractivity contribution < 1.29 is 4.79 Å². The second-order valence-corrected chi connectivity index (χ2v) is 9.24. The maximum Gasteiger partial charge on any atom is 0.235 e. The number of carbonyl (C=O) groups excluding carboxylic acids is 1. The highest BCUT2D eigenvalue weighted by molar-refractivity contribution is 8.00. The van der Waals surface area contributed by atoms with E-state index in [-0.39, 0.29) is 11.2 Å². The molecule has 0 radical (unpaired) electrons. The molecule has 2 fully saturated rings. The first-order valence-electron chi connectivity index (χ1n) is 9.14. The highest BCUT2D eigenvalue weighted by atomic mass is 32.2. The number of nitrogens with zero attached hydrogens (tertiary/aromatic N) is 4. The van der Waals surface area contributed by atoms with Crippen LogP contribution in [-0.4, -0.2) is 43.9 Å². The Morgan fingerprint density at radius 3 is 2.80 bits per heavy atom. The van der Waals surface area contributed by atoms with E-state index in [1.165, 1.54) is 24.1 Å². The van der Waals surface area contributed by atoms with Crippen LogP contribution in [0.4, 0.5) is 0 Å². The van der Waals surface area contributed by atoms with E-state index >= 15 is 0 Å². The molecule has 5 nitrogen and oxygen atoms in total. The summed E-state index contributed by atoms with van der Waals surface area (Å²) in [6.45, 7) is 3.82. The number of thioether (sulfide) groups is 1. The summed E-state index contributed by atoms with van der Waals surface area (Å²) in [5.41, 5.74) is 0. The SMILES string of the molecule is C[C@H](Sc1nnc(Cc2cccs2)n1C1CC1)C(=O)N1CCCCC1. The molecule has 4 rings (SSSR count). The average Bonchev–Trinajstić information content (AvgIpc) is 3.20. The van der Waals surface area contributed by atoms with E-state index in [1.54, 1.807) is 23.1 Å². The predicted molar refractivity (Wildman–Crippen MR) is 101 cm³/mol. The van der Waals surface area contributed by atoms with Crippen molar-refractivity contribution in [2.24, 2.45) is 0 Å². The van der Waals surface area contributed by atoms with Gasteiger partial charge in [0.25, 0.3) is 0 Å². The Hall–Kier alpha value is -1.34. The van der Waals surface area contributed by atoms with Crippen LogP contribution in [0, 0.1) is 0 Å². The summed E-state index contributed by atoms with van der Waals surface area (Å²) in [4.78, 5) is 16.0. The first-order valence-corrected chi connectivity index (χ1v) is 10.9. The lowest BCUT2D eigenvalue weighted by Crippen LogP contribution is -2.40. The Morgan fingerprint density at radius 1 is 1.32 bits per heavy atom. The van der Waals surface area contributed by atoms with Crippen molar-refractivity contribution in [1.82, 2.24) is 19.7 Å². The third-order valence-corrected chi connectivity index (χ3v) is 6.78. The third kappa shape index (κ3) is 3.92. The maximum atomic E-state index is 12.7. The minimum Gasteiger partial charge on any atom is -0.342 e. The smallest absolute Gasteiger partial charge is 0.235 e. The summed E-state index contributed by atoms with van der Waals surface area (Å²) in [6, 6.07) is 4.74. The molecule has 2 aromatic heterocycles. The van der Waals surface area contributed by atoms with Crippen molar-refractivity contribution in [2.45, 2.75) is 61.9 Å². The Balaban J connectivity index is 1.48. The molecule has 1 aliphatic heterocycles. The summed E-state index contributed by atoms with van der Waals surface area (Å²) in [6.07, 6.45) is 6.72. The highest BCUT2D eigenvalue weighted by Gasteiger charge is 2.32. The number of aromatic nitrogens is 3. The molecular weight excluding hydrogens is 352 g/mol. The molecular formula is C18H24N4OS2. The zero-order chi connectivity index (χ0) is 17.2. The van der Waals surface area contributed by atoms with Gasteiger partial charge in [-0.2, -0.15) is 0 Å². The zero-order valence-electron chi connectivity index (χ0n) is 14.6. The van der Waals surface area contributed by atoms with Crippen molar-refractivity contribution in [2.75, 3.05) is 13.1 Å². The molecule has 3 heterocycles. The van der Waals surface area contributed by atoms with Crippen LogP contribution in [0.1, 0.15) is 55.8 Å². The fourth-order valence-electron chi connectivity index (χ4n) is 3.36. The van der Waals surface area contributed by atoms with E-state index in [1.807, 2.05) is 11.8 Å². The molecule has 1 saturated heterocycles. The van der Waals surface area contributed by atoms with Crippen LogP contribution in [0.2, 0.25) is 0 Å². The summed E-state index contributed by atoms with van der Waals surface area (Å²) in [7, 11) is 0. The van der Waals surface area contributed by atoms with Crippen molar-refractivity contribution >= 4 is 29.0 Å².